The average molecular weight is 403 g/mol. The van der Waals surface area contributed by atoms with E-state index in [4.69, 9.17) is 0 Å². The van der Waals surface area contributed by atoms with E-state index in [2.05, 4.69) is 10.4 Å². The molecule has 0 radical (unpaired) electrons. The van der Waals surface area contributed by atoms with Crippen LogP contribution in [-0.4, -0.2) is 45.1 Å². The Morgan fingerprint density at radius 1 is 1.00 bits per heavy atom. The van der Waals surface area contributed by atoms with Gasteiger partial charge in [0.1, 0.15) is 18.4 Å². The lowest BCUT2D eigenvalue weighted by molar-refractivity contribution is -0.130. The minimum absolute atomic E-state index is 0.371. The van der Waals surface area contributed by atoms with Gasteiger partial charge in [-0.25, -0.2) is 9.48 Å². The normalized spacial score (nSPS) is 16.3. The summed E-state index contributed by atoms with van der Waals surface area (Å²) in [6.07, 6.45) is 0. The van der Waals surface area contributed by atoms with Crippen LogP contribution in [0.3, 0.4) is 0 Å². The summed E-state index contributed by atoms with van der Waals surface area (Å²) in [7, 11) is 0. The molecule has 1 N–H and O–H groups in total. The van der Waals surface area contributed by atoms with Gasteiger partial charge in [-0.2, -0.15) is 5.10 Å². The minimum atomic E-state index is -0.676. The molecule has 1 aliphatic rings. The molecule has 1 aromatic heterocycles. The molecule has 152 valence electrons. The van der Waals surface area contributed by atoms with E-state index in [1.807, 2.05) is 43.3 Å². The number of hydrogen-bond donors (Lipinski definition) is 1. The first-order chi connectivity index (χ1) is 14.5. The second-order valence-electron chi connectivity index (χ2n) is 7.05. The smallest absolute Gasteiger partial charge is 0.309 e. The monoisotopic (exact) mass is 403 g/mol. The second-order valence-corrected chi connectivity index (χ2v) is 7.05. The van der Waals surface area contributed by atoms with E-state index < -0.39 is 23.9 Å². The number of rotatable bonds is 5. The van der Waals surface area contributed by atoms with Crippen molar-refractivity contribution in [1.82, 2.24) is 14.7 Å². The zero-order valence-corrected chi connectivity index (χ0v) is 16.6. The van der Waals surface area contributed by atoms with Crippen LogP contribution in [0.15, 0.2) is 66.7 Å². The minimum Gasteiger partial charge on any atom is -0.309 e. The Morgan fingerprint density at radius 3 is 2.23 bits per heavy atom. The molecule has 4 rings (SSSR count). The van der Waals surface area contributed by atoms with Crippen molar-refractivity contribution >= 4 is 29.4 Å². The lowest BCUT2D eigenvalue weighted by Crippen LogP contribution is -2.39. The number of benzene rings is 2. The van der Waals surface area contributed by atoms with Crippen molar-refractivity contribution in [3.63, 3.8) is 0 Å². The number of imide groups is 1. The molecular weight excluding hydrogens is 382 g/mol. The number of aryl methyl sites for hydroxylation is 1. The first-order valence-electron chi connectivity index (χ1n) is 9.57. The van der Waals surface area contributed by atoms with E-state index in [0.717, 1.165) is 16.3 Å². The Morgan fingerprint density at radius 2 is 1.60 bits per heavy atom. The van der Waals surface area contributed by atoms with Gasteiger partial charge in [0.2, 0.25) is 5.91 Å². The number of hydrogen-bond acceptors (Lipinski definition) is 4. The number of carbonyl (C=O) groups is 3. The zero-order valence-electron chi connectivity index (χ0n) is 16.6. The second kappa shape index (κ2) is 7.82. The molecule has 1 atom stereocenters. The Balaban J connectivity index is 1.51. The van der Waals surface area contributed by atoms with Gasteiger partial charge in [0.05, 0.1) is 11.4 Å². The Kier molecular flexibility index (Phi) is 5.05. The molecule has 1 unspecified atom stereocenters. The summed E-state index contributed by atoms with van der Waals surface area (Å²) >= 11 is 0. The highest BCUT2D eigenvalue weighted by Gasteiger charge is 2.44. The van der Waals surface area contributed by atoms with Gasteiger partial charge in [-0.1, -0.05) is 36.4 Å². The molecule has 0 aliphatic carbocycles. The Labute approximate surface area is 173 Å². The lowest BCUT2D eigenvalue weighted by atomic mass is 10.2. The standard InChI is InChI=1S/C22H21N5O3/c1-15-13-19(27(24-15)18-11-7-4-8-12-18)23-20(28)14-25-21(29)16(2)26(22(25)30)17-9-5-3-6-10-17/h3-13,16H,14H2,1-2H3,(H,23,28). The fourth-order valence-electron chi connectivity index (χ4n) is 3.47. The number of nitrogens with one attached hydrogen (secondary N) is 1. The molecule has 0 bridgehead atoms. The van der Waals surface area contributed by atoms with E-state index in [-0.39, 0.29) is 6.54 Å². The first-order valence-corrected chi connectivity index (χ1v) is 9.57. The Hall–Kier alpha value is -3.94. The summed E-state index contributed by atoms with van der Waals surface area (Å²) in [5, 5.41) is 7.17. The van der Waals surface area contributed by atoms with Crippen LogP contribution in [0.4, 0.5) is 16.3 Å². The van der Waals surface area contributed by atoms with Gasteiger partial charge in [0.15, 0.2) is 0 Å². The van der Waals surface area contributed by atoms with Gasteiger partial charge in [-0.3, -0.25) is 19.4 Å². The molecule has 30 heavy (non-hydrogen) atoms. The van der Waals surface area contributed by atoms with Gasteiger partial charge in [-0.15, -0.1) is 0 Å². The summed E-state index contributed by atoms with van der Waals surface area (Å²) < 4.78 is 1.61. The molecule has 8 heteroatoms. The topological polar surface area (TPSA) is 87.5 Å². The third-order valence-corrected chi connectivity index (χ3v) is 4.88. The largest absolute Gasteiger partial charge is 0.332 e. The van der Waals surface area contributed by atoms with E-state index in [1.54, 1.807) is 41.9 Å². The summed E-state index contributed by atoms with van der Waals surface area (Å²) in [5.41, 5.74) is 2.13. The van der Waals surface area contributed by atoms with E-state index in [0.29, 0.717) is 11.5 Å². The number of amides is 4. The van der Waals surface area contributed by atoms with Crippen molar-refractivity contribution in [2.24, 2.45) is 0 Å². The molecule has 4 amide bonds. The van der Waals surface area contributed by atoms with E-state index in [1.165, 1.54) is 4.90 Å². The van der Waals surface area contributed by atoms with Crippen molar-refractivity contribution in [1.29, 1.82) is 0 Å². The number of nitrogens with zero attached hydrogens (tertiary/aromatic N) is 4. The van der Waals surface area contributed by atoms with Crippen molar-refractivity contribution in [3.05, 3.63) is 72.4 Å². The summed E-state index contributed by atoms with van der Waals surface area (Å²) in [4.78, 5) is 40.5. The number of aromatic nitrogens is 2. The predicted molar refractivity (Wildman–Crippen MR) is 112 cm³/mol. The van der Waals surface area contributed by atoms with Crippen LogP contribution in [0.25, 0.3) is 5.69 Å². The average Bonchev–Trinajstić information content (AvgIpc) is 3.21. The van der Waals surface area contributed by atoms with Gasteiger partial charge in [0.25, 0.3) is 5.91 Å². The highest BCUT2D eigenvalue weighted by molar-refractivity contribution is 6.16. The van der Waals surface area contributed by atoms with Gasteiger partial charge in [-0.05, 0) is 38.1 Å². The fraction of sp³-hybridized carbons (Fsp3) is 0.182. The number of anilines is 2. The maximum Gasteiger partial charge on any atom is 0.332 e. The van der Waals surface area contributed by atoms with E-state index >= 15 is 0 Å². The Bertz CT molecular complexity index is 1090. The molecule has 1 saturated heterocycles. The lowest BCUT2D eigenvalue weighted by Gasteiger charge is -2.19. The third-order valence-electron chi connectivity index (χ3n) is 4.88. The van der Waals surface area contributed by atoms with Gasteiger partial charge in [0, 0.05) is 11.8 Å². The molecule has 1 fully saturated rings. The molecule has 1 aliphatic heterocycles. The third kappa shape index (κ3) is 3.55. The molecule has 8 nitrogen and oxygen atoms in total. The number of para-hydroxylation sites is 2. The van der Waals surface area contributed by atoms with Crippen molar-refractivity contribution in [3.8, 4) is 5.69 Å². The van der Waals surface area contributed by atoms with Crippen LogP contribution in [0.1, 0.15) is 12.6 Å². The predicted octanol–water partition coefficient (Wildman–Crippen LogP) is 2.98. The van der Waals surface area contributed by atoms with Crippen molar-refractivity contribution in [2.75, 3.05) is 16.8 Å². The highest BCUT2D eigenvalue weighted by atomic mass is 16.2. The summed E-state index contributed by atoms with van der Waals surface area (Å²) in [6.45, 7) is 3.10. The molecule has 2 aromatic carbocycles. The SMILES string of the molecule is Cc1cc(NC(=O)CN2C(=O)C(C)N(c3ccccc3)C2=O)n(-c2ccccc2)n1. The van der Waals surface area contributed by atoms with Crippen LogP contribution in [0, 0.1) is 6.92 Å². The summed E-state index contributed by atoms with van der Waals surface area (Å²) in [6, 6.07) is 18.9. The maximum atomic E-state index is 12.8. The maximum absolute atomic E-state index is 12.8. The molecule has 0 spiro atoms. The zero-order chi connectivity index (χ0) is 21.3. The molecule has 0 saturated carbocycles. The molecule has 3 aromatic rings. The quantitative estimate of drug-likeness (QED) is 0.664. The van der Waals surface area contributed by atoms with Crippen LogP contribution in [0.2, 0.25) is 0 Å². The molecular formula is C22H21N5O3. The fourth-order valence-corrected chi connectivity index (χ4v) is 3.47. The van der Waals surface area contributed by atoms with E-state index in [9.17, 15) is 14.4 Å². The van der Waals surface area contributed by atoms with Crippen LogP contribution >= 0.6 is 0 Å². The van der Waals surface area contributed by atoms with Crippen molar-refractivity contribution in [2.45, 2.75) is 19.9 Å². The van der Waals surface area contributed by atoms with Crippen molar-refractivity contribution < 1.29 is 14.4 Å². The highest BCUT2D eigenvalue weighted by Crippen LogP contribution is 2.25. The van der Waals surface area contributed by atoms with Gasteiger partial charge < -0.3 is 5.32 Å². The molecule has 2 heterocycles. The van der Waals surface area contributed by atoms with Crippen LogP contribution in [-0.2, 0) is 9.59 Å². The first kappa shape index (κ1) is 19.4. The summed E-state index contributed by atoms with van der Waals surface area (Å²) in [5.74, 6) is -0.418. The van der Waals surface area contributed by atoms with Gasteiger partial charge >= 0.3 is 6.03 Å². The van der Waals surface area contributed by atoms with Crippen LogP contribution in [0.5, 0.6) is 0 Å². The van der Waals surface area contributed by atoms with Crippen LogP contribution < -0.4 is 10.2 Å². The number of carbonyl (C=O) groups excluding carboxylic acids is 3. The number of urea groups is 1.